The molecule has 0 N–H and O–H groups in total. The van der Waals surface area contributed by atoms with Crippen LogP contribution in [-0.4, -0.2) is 70.0 Å². The standard InChI is InChI=1S/C47H90NO8P/c1-6-8-10-12-14-16-18-20-22-23-24-25-26-28-29-31-33-35-37-39-46(49)53-43-45(44-55-57(51,52)54-42-41-48(3,4)5)56-47(50)40-38-36-34-32-30-27-21-19-17-15-13-11-9-7-2/h19,21,23-24,45H,6-18,20,22,25-44H2,1-5H3/b21-19-,24-23-/t45-/m1/s1. The molecule has 0 aromatic rings. The van der Waals surface area contributed by atoms with E-state index in [1.807, 2.05) is 21.1 Å². The fourth-order valence-electron chi connectivity index (χ4n) is 6.47. The van der Waals surface area contributed by atoms with E-state index in [9.17, 15) is 19.0 Å². The zero-order valence-electron chi connectivity index (χ0n) is 37.8. The number of esters is 2. The van der Waals surface area contributed by atoms with Crippen LogP contribution in [0.1, 0.15) is 213 Å². The molecule has 10 heteroatoms. The highest BCUT2D eigenvalue weighted by Crippen LogP contribution is 2.38. The van der Waals surface area contributed by atoms with Crippen molar-refractivity contribution in [3.05, 3.63) is 24.3 Å². The van der Waals surface area contributed by atoms with Crippen molar-refractivity contribution in [2.45, 2.75) is 219 Å². The van der Waals surface area contributed by atoms with Crippen LogP contribution < -0.4 is 4.89 Å². The minimum atomic E-state index is -4.63. The predicted molar refractivity (Wildman–Crippen MR) is 236 cm³/mol. The van der Waals surface area contributed by atoms with Crippen LogP contribution in [0.5, 0.6) is 0 Å². The van der Waals surface area contributed by atoms with Crippen LogP contribution in [0.2, 0.25) is 0 Å². The first-order valence-corrected chi connectivity index (χ1v) is 25.0. The summed E-state index contributed by atoms with van der Waals surface area (Å²) in [5.41, 5.74) is 0. The van der Waals surface area contributed by atoms with Gasteiger partial charge >= 0.3 is 11.9 Å². The Morgan fingerprint density at radius 3 is 1.30 bits per heavy atom. The second kappa shape index (κ2) is 39.9. The molecule has 1 unspecified atom stereocenters. The van der Waals surface area contributed by atoms with Gasteiger partial charge in [0.05, 0.1) is 27.7 Å². The van der Waals surface area contributed by atoms with Crippen molar-refractivity contribution in [1.82, 2.24) is 0 Å². The van der Waals surface area contributed by atoms with Crippen LogP contribution in [0.15, 0.2) is 24.3 Å². The van der Waals surface area contributed by atoms with Gasteiger partial charge in [-0.05, 0) is 64.2 Å². The van der Waals surface area contributed by atoms with Crippen molar-refractivity contribution in [2.75, 3.05) is 47.5 Å². The van der Waals surface area contributed by atoms with Crippen LogP contribution in [-0.2, 0) is 32.7 Å². The third-order valence-corrected chi connectivity index (χ3v) is 11.2. The molecule has 9 nitrogen and oxygen atoms in total. The van der Waals surface area contributed by atoms with E-state index in [-0.39, 0.29) is 32.0 Å². The maximum atomic E-state index is 12.7. The zero-order chi connectivity index (χ0) is 42.1. The first kappa shape index (κ1) is 55.5. The summed E-state index contributed by atoms with van der Waals surface area (Å²) >= 11 is 0. The van der Waals surface area contributed by atoms with Gasteiger partial charge in [-0.25, -0.2) is 0 Å². The van der Waals surface area contributed by atoms with Crippen molar-refractivity contribution in [2.24, 2.45) is 0 Å². The first-order valence-electron chi connectivity index (χ1n) is 23.5. The van der Waals surface area contributed by atoms with E-state index in [1.54, 1.807) is 0 Å². The van der Waals surface area contributed by atoms with Crippen LogP contribution >= 0.6 is 7.82 Å². The zero-order valence-corrected chi connectivity index (χ0v) is 38.7. The van der Waals surface area contributed by atoms with Gasteiger partial charge in [-0.15, -0.1) is 0 Å². The lowest BCUT2D eigenvalue weighted by Gasteiger charge is -2.28. The molecule has 2 atom stereocenters. The van der Waals surface area contributed by atoms with Gasteiger partial charge in [0.1, 0.15) is 19.8 Å². The third-order valence-electron chi connectivity index (χ3n) is 10.2. The smallest absolute Gasteiger partial charge is 0.306 e. The lowest BCUT2D eigenvalue weighted by atomic mass is 10.1. The van der Waals surface area contributed by atoms with Crippen molar-refractivity contribution >= 4 is 19.8 Å². The summed E-state index contributed by atoms with van der Waals surface area (Å²) in [6.07, 6.45) is 43.4. The van der Waals surface area contributed by atoms with Gasteiger partial charge in [0, 0.05) is 12.8 Å². The number of allylic oxidation sites excluding steroid dienone is 4. The van der Waals surface area contributed by atoms with Crippen LogP contribution in [0.25, 0.3) is 0 Å². The van der Waals surface area contributed by atoms with E-state index in [2.05, 4.69) is 38.2 Å². The molecule has 0 bridgehead atoms. The molecule has 0 fully saturated rings. The van der Waals surface area contributed by atoms with E-state index in [0.29, 0.717) is 17.4 Å². The van der Waals surface area contributed by atoms with E-state index in [1.165, 1.54) is 116 Å². The molecule has 0 radical (unpaired) electrons. The van der Waals surface area contributed by atoms with Gasteiger partial charge < -0.3 is 27.9 Å². The summed E-state index contributed by atoms with van der Waals surface area (Å²) in [7, 11) is 1.16. The summed E-state index contributed by atoms with van der Waals surface area (Å²) in [6, 6.07) is 0. The molecule has 0 aliphatic heterocycles. The molecule has 0 heterocycles. The molecule has 336 valence electrons. The Balaban J connectivity index is 4.30. The highest BCUT2D eigenvalue weighted by atomic mass is 31.2. The molecule has 0 aliphatic rings. The van der Waals surface area contributed by atoms with Crippen LogP contribution in [0.4, 0.5) is 0 Å². The molecular formula is C47H90NO8P. The number of ether oxygens (including phenoxy) is 2. The third kappa shape index (κ3) is 43.9. The number of unbranched alkanes of at least 4 members (excludes halogenated alkanes) is 25. The van der Waals surface area contributed by atoms with Gasteiger partial charge in [0.25, 0.3) is 7.82 Å². The maximum Gasteiger partial charge on any atom is 0.306 e. The topological polar surface area (TPSA) is 111 Å². The number of nitrogens with zero attached hydrogens (tertiary/aromatic N) is 1. The highest BCUT2D eigenvalue weighted by molar-refractivity contribution is 7.45. The van der Waals surface area contributed by atoms with E-state index in [0.717, 1.165) is 64.2 Å². The van der Waals surface area contributed by atoms with Gasteiger partial charge in [-0.1, -0.05) is 160 Å². The second-order valence-electron chi connectivity index (χ2n) is 17.1. The largest absolute Gasteiger partial charge is 0.756 e. The summed E-state index contributed by atoms with van der Waals surface area (Å²) in [6.45, 7) is 4.22. The Bertz CT molecular complexity index is 1030. The Kier molecular flexibility index (Phi) is 38.9. The lowest BCUT2D eigenvalue weighted by Crippen LogP contribution is -2.37. The number of quaternary nitrogens is 1. The molecule has 0 aromatic heterocycles. The highest BCUT2D eigenvalue weighted by Gasteiger charge is 2.21. The Hall–Kier alpha value is -1.51. The molecule has 0 amide bonds. The molecule has 57 heavy (non-hydrogen) atoms. The summed E-state index contributed by atoms with van der Waals surface area (Å²) < 4.78 is 33.9. The lowest BCUT2D eigenvalue weighted by molar-refractivity contribution is -0.870. The summed E-state index contributed by atoms with van der Waals surface area (Å²) in [4.78, 5) is 37.6. The Labute approximate surface area is 351 Å². The fourth-order valence-corrected chi connectivity index (χ4v) is 7.20. The Morgan fingerprint density at radius 1 is 0.526 bits per heavy atom. The van der Waals surface area contributed by atoms with Gasteiger partial charge in [-0.3, -0.25) is 14.2 Å². The van der Waals surface area contributed by atoms with Crippen molar-refractivity contribution < 1.29 is 42.1 Å². The molecule has 0 aromatic carbocycles. The quantitative estimate of drug-likeness (QED) is 0.0196. The molecule has 0 rings (SSSR count). The number of rotatable bonds is 43. The first-order chi connectivity index (χ1) is 27.5. The predicted octanol–water partition coefficient (Wildman–Crippen LogP) is 12.9. The Morgan fingerprint density at radius 2 is 0.895 bits per heavy atom. The number of likely N-dealkylation sites (N-methyl/N-ethyl adjacent to an activating group) is 1. The molecule has 0 saturated carbocycles. The molecule has 0 aliphatic carbocycles. The van der Waals surface area contributed by atoms with E-state index >= 15 is 0 Å². The average Bonchev–Trinajstić information content (AvgIpc) is 3.16. The van der Waals surface area contributed by atoms with Crippen molar-refractivity contribution in [1.29, 1.82) is 0 Å². The van der Waals surface area contributed by atoms with Gasteiger partial charge in [0.2, 0.25) is 0 Å². The van der Waals surface area contributed by atoms with Crippen molar-refractivity contribution in [3.8, 4) is 0 Å². The molecular weight excluding hydrogens is 737 g/mol. The van der Waals surface area contributed by atoms with Crippen LogP contribution in [0, 0.1) is 0 Å². The maximum absolute atomic E-state index is 12.7. The summed E-state index contributed by atoms with van der Waals surface area (Å²) in [5, 5.41) is 0. The van der Waals surface area contributed by atoms with Gasteiger partial charge in [0.15, 0.2) is 6.10 Å². The number of carbonyl (C=O) groups is 2. The average molecular weight is 828 g/mol. The minimum Gasteiger partial charge on any atom is -0.756 e. The van der Waals surface area contributed by atoms with Gasteiger partial charge in [-0.2, -0.15) is 0 Å². The fraction of sp³-hybridized carbons (Fsp3) is 0.872. The number of hydrogen-bond acceptors (Lipinski definition) is 8. The SMILES string of the molecule is CCCCCCC/C=C\CCCCCCCC(=O)O[C@H](COC(=O)CCCCCCCCC/C=C\CCCCCCCCCC)COP(=O)([O-])OCC[N+](C)(C)C. The van der Waals surface area contributed by atoms with Crippen LogP contribution in [0.3, 0.4) is 0 Å². The number of hydrogen-bond donors (Lipinski definition) is 0. The number of carbonyl (C=O) groups excluding carboxylic acids is 2. The molecule has 0 spiro atoms. The number of phosphoric ester groups is 1. The monoisotopic (exact) mass is 828 g/mol. The second-order valence-corrected chi connectivity index (χ2v) is 18.5. The minimum absolute atomic E-state index is 0.0318. The van der Waals surface area contributed by atoms with Crippen molar-refractivity contribution in [3.63, 3.8) is 0 Å². The summed E-state index contributed by atoms with van der Waals surface area (Å²) in [5.74, 6) is -0.843. The number of phosphoric acid groups is 1. The van der Waals surface area contributed by atoms with E-state index < -0.39 is 26.5 Å². The normalized spacial score (nSPS) is 13.7. The van der Waals surface area contributed by atoms with E-state index in [4.69, 9.17) is 18.5 Å². The molecule has 0 saturated heterocycles.